The highest BCUT2D eigenvalue weighted by Gasteiger charge is 2.24. The lowest BCUT2D eigenvalue weighted by Crippen LogP contribution is -2.39. The van der Waals surface area contributed by atoms with Crippen LogP contribution in [0.1, 0.15) is 12.2 Å². The molecular formula is C18H17N7O. The third-order valence-corrected chi connectivity index (χ3v) is 4.44. The minimum absolute atomic E-state index is 0.0582. The van der Waals surface area contributed by atoms with Gasteiger partial charge in [-0.2, -0.15) is 5.26 Å². The van der Waals surface area contributed by atoms with Gasteiger partial charge < -0.3 is 10.2 Å². The number of amides is 1. The van der Waals surface area contributed by atoms with Crippen LogP contribution in [0, 0.1) is 11.3 Å². The second-order valence-electron chi connectivity index (χ2n) is 6.26. The second kappa shape index (κ2) is 6.80. The first kappa shape index (κ1) is 16.0. The summed E-state index contributed by atoms with van der Waals surface area (Å²) in [7, 11) is 0. The first-order chi connectivity index (χ1) is 12.7. The molecule has 1 aliphatic heterocycles. The SMILES string of the molecule is N#Cc1ncn(CC(=O)N[C@H]2CCN(c3cnc4ccccc4c3)C2)n1. The number of pyridine rings is 1. The molecule has 0 aliphatic carbocycles. The second-order valence-corrected chi connectivity index (χ2v) is 6.26. The zero-order valence-corrected chi connectivity index (χ0v) is 14.0. The van der Waals surface area contributed by atoms with E-state index in [1.807, 2.05) is 30.5 Å². The lowest BCUT2D eigenvalue weighted by molar-refractivity contribution is -0.122. The van der Waals surface area contributed by atoms with Gasteiger partial charge in [-0.1, -0.05) is 18.2 Å². The van der Waals surface area contributed by atoms with Gasteiger partial charge in [0.15, 0.2) is 0 Å². The summed E-state index contributed by atoms with van der Waals surface area (Å²) in [5.74, 6) is -0.0727. The van der Waals surface area contributed by atoms with Crippen LogP contribution in [0.15, 0.2) is 42.9 Å². The Labute approximate surface area is 150 Å². The molecule has 0 saturated carbocycles. The maximum Gasteiger partial charge on any atom is 0.252 e. The van der Waals surface area contributed by atoms with Crippen molar-refractivity contribution in [2.75, 3.05) is 18.0 Å². The van der Waals surface area contributed by atoms with Crippen molar-refractivity contribution in [1.29, 1.82) is 5.26 Å². The van der Waals surface area contributed by atoms with E-state index < -0.39 is 0 Å². The van der Waals surface area contributed by atoms with E-state index >= 15 is 0 Å². The number of rotatable bonds is 4. The van der Waals surface area contributed by atoms with Gasteiger partial charge in [-0.25, -0.2) is 9.67 Å². The Kier molecular flexibility index (Phi) is 4.19. The number of anilines is 1. The molecule has 1 aromatic carbocycles. The Balaban J connectivity index is 1.36. The van der Waals surface area contributed by atoms with Gasteiger partial charge >= 0.3 is 0 Å². The predicted octanol–water partition coefficient (Wildman–Crippen LogP) is 1.09. The molecule has 0 unspecified atom stereocenters. The van der Waals surface area contributed by atoms with Crippen molar-refractivity contribution < 1.29 is 4.79 Å². The van der Waals surface area contributed by atoms with Crippen LogP contribution < -0.4 is 10.2 Å². The molecule has 0 bridgehead atoms. The fourth-order valence-corrected chi connectivity index (χ4v) is 3.19. The summed E-state index contributed by atoms with van der Waals surface area (Å²) < 4.78 is 1.37. The number of para-hydroxylation sites is 1. The van der Waals surface area contributed by atoms with E-state index in [9.17, 15) is 4.79 Å². The van der Waals surface area contributed by atoms with Crippen LogP contribution in [0.2, 0.25) is 0 Å². The molecule has 8 heteroatoms. The van der Waals surface area contributed by atoms with E-state index in [0.29, 0.717) is 0 Å². The molecule has 4 rings (SSSR count). The molecule has 3 aromatic rings. The fraction of sp³-hybridized carbons (Fsp3) is 0.278. The first-order valence-electron chi connectivity index (χ1n) is 8.40. The maximum atomic E-state index is 12.2. The third-order valence-electron chi connectivity index (χ3n) is 4.44. The van der Waals surface area contributed by atoms with Crippen LogP contribution in [0.5, 0.6) is 0 Å². The van der Waals surface area contributed by atoms with E-state index in [-0.39, 0.29) is 24.3 Å². The standard InChI is InChI=1S/C18H17N7O/c19-8-17-21-12-25(23-17)11-18(26)22-14-5-6-24(10-14)15-7-13-3-1-2-4-16(13)20-9-15/h1-4,7,9,12,14H,5-6,10-11H2,(H,22,26)/t14-/m0/s1. The summed E-state index contributed by atoms with van der Waals surface area (Å²) in [5.41, 5.74) is 2.04. The molecule has 26 heavy (non-hydrogen) atoms. The van der Waals surface area contributed by atoms with Crippen molar-refractivity contribution in [1.82, 2.24) is 25.1 Å². The zero-order valence-electron chi connectivity index (χ0n) is 14.0. The van der Waals surface area contributed by atoms with Crippen LogP contribution in [-0.4, -0.2) is 44.8 Å². The molecule has 2 aromatic heterocycles. The van der Waals surface area contributed by atoms with Gasteiger partial charge in [0.2, 0.25) is 5.91 Å². The number of hydrogen-bond acceptors (Lipinski definition) is 6. The highest BCUT2D eigenvalue weighted by molar-refractivity contribution is 5.81. The average molecular weight is 347 g/mol. The van der Waals surface area contributed by atoms with Crippen molar-refractivity contribution >= 4 is 22.5 Å². The molecule has 1 N–H and O–H groups in total. The number of carbonyl (C=O) groups excluding carboxylic acids is 1. The molecular weight excluding hydrogens is 330 g/mol. The monoisotopic (exact) mass is 347 g/mol. The predicted molar refractivity (Wildman–Crippen MR) is 95.2 cm³/mol. The molecule has 130 valence electrons. The van der Waals surface area contributed by atoms with Crippen LogP contribution in [0.3, 0.4) is 0 Å². The Morgan fingerprint density at radius 1 is 1.35 bits per heavy atom. The van der Waals surface area contributed by atoms with Crippen LogP contribution in [0.4, 0.5) is 5.69 Å². The van der Waals surface area contributed by atoms with Crippen LogP contribution in [-0.2, 0) is 11.3 Å². The molecule has 8 nitrogen and oxygen atoms in total. The molecule has 1 atom stereocenters. The lowest BCUT2D eigenvalue weighted by Gasteiger charge is -2.19. The fourth-order valence-electron chi connectivity index (χ4n) is 3.19. The number of nitrogens with one attached hydrogen (secondary N) is 1. The molecule has 1 amide bonds. The molecule has 1 saturated heterocycles. The van der Waals surface area contributed by atoms with Gasteiger partial charge in [-0.05, 0) is 18.6 Å². The van der Waals surface area contributed by atoms with E-state index in [1.165, 1.54) is 11.0 Å². The summed E-state index contributed by atoms with van der Waals surface area (Å²) in [6.45, 7) is 1.67. The van der Waals surface area contributed by atoms with Gasteiger partial charge in [0.25, 0.3) is 5.82 Å². The van der Waals surface area contributed by atoms with Gasteiger partial charge in [-0.3, -0.25) is 9.78 Å². The highest BCUT2D eigenvalue weighted by atomic mass is 16.2. The minimum Gasteiger partial charge on any atom is -0.368 e. The topological polar surface area (TPSA) is 99.7 Å². The van der Waals surface area contributed by atoms with Crippen LogP contribution in [0.25, 0.3) is 10.9 Å². The molecule has 0 radical (unpaired) electrons. The number of carbonyl (C=O) groups is 1. The number of nitrogens with zero attached hydrogens (tertiary/aromatic N) is 6. The summed E-state index contributed by atoms with van der Waals surface area (Å²) in [6, 6.07) is 12.1. The first-order valence-corrected chi connectivity index (χ1v) is 8.40. The number of aromatic nitrogens is 4. The third kappa shape index (κ3) is 3.32. The van der Waals surface area contributed by atoms with Gasteiger partial charge in [0, 0.05) is 24.5 Å². The van der Waals surface area contributed by atoms with Crippen molar-refractivity contribution in [3.63, 3.8) is 0 Å². The van der Waals surface area contributed by atoms with E-state index in [1.54, 1.807) is 0 Å². The van der Waals surface area contributed by atoms with E-state index in [0.717, 1.165) is 36.1 Å². The van der Waals surface area contributed by atoms with E-state index in [4.69, 9.17) is 5.26 Å². The van der Waals surface area contributed by atoms with Gasteiger partial charge in [-0.15, -0.1) is 5.10 Å². The number of nitriles is 1. The average Bonchev–Trinajstić information content (AvgIpc) is 3.30. The summed E-state index contributed by atoms with van der Waals surface area (Å²) in [6.07, 6.45) is 4.14. The van der Waals surface area contributed by atoms with E-state index in [2.05, 4.69) is 37.4 Å². The lowest BCUT2D eigenvalue weighted by atomic mass is 10.2. The van der Waals surface area contributed by atoms with Crippen LogP contribution >= 0.6 is 0 Å². The minimum atomic E-state index is -0.136. The maximum absolute atomic E-state index is 12.2. The summed E-state index contributed by atoms with van der Waals surface area (Å²) in [4.78, 5) is 22.7. The Morgan fingerprint density at radius 2 is 2.23 bits per heavy atom. The molecule has 3 heterocycles. The number of fused-ring (bicyclic) bond motifs is 1. The molecule has 1 aliphatic rings. The quantitative estimate of drug-likeness (QED) is 0.758. The number of benzene rings is 1. The Hall–Kier alpha value is -3.47. The van der Waals surface area contributed by atoms with Crippen molar-refractivity contribution in [2.45, 2.75) is 19.0 Å². The van der Waals surface area contributed by atoms with Gasteiger partial charge in [0.05, 0.1) is 17.4 Å². The normalized spacial score (nSPS) is 16.6. The van der Waals surface area contributed by atoms with Gasteiger partial charge in [0.1, 0.15) is 18.9 Å². The number of hydrogen-bond donors (Lipinski definition) is 1. The highest BCUT2D eigenvalue weighted by Crippen LogP contribution is 2.23. The van der Waals surface area contributed by atoms with Crippen molar-refractivity contribution in [2.24, 2.45) is 0 Å². The Bertz CT molecular complexity index is 990. The summed E-state index contributed by atoms with van der Waals surface area (Å²) >= 11 is 0. The summed E-state index contributed by atoms with van der Waals surface area (Å²) in [5, 5.41) is 16.7. The zero-order chi connectivity index (χ0) is 17.9. The largest absolute Gasteiger partial charge is 0.368 e. The molecule has 0 spiro atoms. The van der Waals surface area contributed by atoms with Crippen molar-refractivity contribution in [3.05, 3.63) is 48.7 Å². The Morgan fingerprint density at radius 3 is 3.08 bits per heavy atom. The smallest absolute Gasteiger partial charge is 0.252 e. The van der Waals surface area contributed by atoms with Crippen molar-refractivity contribution in [3.8, 4) is 6.07 Å². The molecule has 1 fully saturated rings.